The van der Waals surface area contributed by atoms with Gasteiger partial charge in [-0.3, -0.25) is 0 Å². The molecule has 1 aliphatic carbocycles. The molecule has 0 atom stereocenters. The predicted octanol–water partition coefficient (Wildman–Crippen LogP) is 4.45. The van der Waals surface area contributed by atoms with E-state index in [4.69, 9.17) is 0 Å². The average Bonchev–Trinajstić information content (AvgIpc) is 2.37. The van der Waals surface area contributed by atoms with Crippen LogP contribution in [0.1, 0.15) is 58.8 Å². The van der Waals surface area contributed by atoms with Gasteiger partial charge in [-0.1, -0.05) is 49.0 Å². The Kier molecular flexibility index (Phi) is 6.35. The third kappa shape index (κ3) is 3.73. The quantitative estimate of drug-likeness (QED) is 0.653. The van der Waals surface area contributed by atoms with Gasteiger partial charge < -0.3 is 4.90 Å². The molecule has 2 heteroatoms. The van der Waals surface area contributed by atoms with Gasteiger partial charge in [-0.25, -0.2) is 0 Å². The van der Waals surface area contributed by atoms with Gasteiger partial charge in [0, 0.05) is 17.9 Å². The highest BCUT2D eigenvalue weighted by atomic mass is 79.9. The number of alkyl halides is 1. The highest BCUT2D eigenvalue weighted by Crippen LogP contribution is 2.32. The first-order valence-electron chi connectivity index (χ1n) is 6.93. The van der Waals surface area contributed by atoms with Gasteiger partial charge in [0.2, 0.25) is 0 Å². The molecule has 1 nitrogen and oxygen atoms in total. The maximum absolute atomic E-state index is 3.72. The van der Waals surface area contributed by atoms with E-state index in [0.29, 0.717) is 5.41 Å². The molecular weight excluding hydrogens is 262 g/mol. The van der Waals surface area contributed by atoms with E-state index < -0.39 is 0 Å². The van der Waals surface area contributed by atoms with Crippen molar-refractivity contribution < 1.29 is 0 Å². The van der Waals surface area contributed by atoms with Gasteiger partial charge in [-0.05, 0) is 38.1 Å². The SMILES string of the molecule is CCC(CC)(CBr)CN(C)C1CCCCC1. The number of rotatable bonds is 6. The molecular formula is C14H28BrN. The monoisotopic (exact) mass is 289 g/mol. The molecule has 0 unspecified atom stereocenters. The van der Waals surface area contributed by atoms with Crippen molar-refractivity contribution in [3.63, 3.8) is 0 Å². The summed E-state index contributed by atoms with van der Waals surface area (Å²) >= 11 is 3.72. The zero-order chi connectivity index (χ0) is 12.0. The van der Waals surface area contributed by atoms with Crippen molar-refractivity contribution in [3.8, 4) is 0 Å². The topological polar surface area (TPSA) is 3.24 Å². The third-order valence-corrected chi connectivity index (χ3v) is 5.76. The normalized spacial score (nSPS) is 19.3. The molecule has 0 saturated heterocycles. The van der Waals surface area contributed by atoms with E-state index in [0.717, 1.165) is 11.4 Å². The lowest BCUT2D eigenvalue weighted by atomic mass is 9.83. The molecule has 0 aromatic rings. The molecule has 0 spiro atoms. The number of hydrogen-bond donors (Lipinski definition) is 0. The van der Waals surface area contributed by atoms with E-state index in [1.165, 1.54) is 51.5 Å². The van der Waals surface area contributed by atoms with Crippen molar-refractivity contribution in [2.24, 2.45) is 5.41 Å². The van der Waals surface area contributed by atoms with Gasteiger partial charge in [-0.15, -0.1) is 0 Å². The van der Waals surface area contributed by atoms with Crippen LogP contribution in [-0.2, 0) is 0 Å². The molecule has 1 rings (SSSR count). The molecule has 16 heavy (non-hydrogen) atoms. The Morgan fingerprint density at radius 1 is 1.12 bits per heavy atom. The molecule has 0 amide bonds. The summed E-state index contributed by atoms with van der Waals surface area (Å²) in [7, 11) is 2.33. The fourth-order valence-corrected chi connectivity index (χ4v) is 3.86. The van der Waals surface area contributed by atoms with Crippen LogP contribution in [0.3, 0.4) is 0 Å². The summed E-state index contributed by atoms with van der Waals surface area (Å²) < 4.78 is 0. The summed E-state index contributed by atoms with van der Waals surface area (Å²) in [4.78, 5) is 2.63. The average molecular weight is 290 g/mol. The molecule has 0 aromatic heterocycles. The molecule has 0 aromatic carbocycles. The van der Waals surface area contributed by atoms with E-state index in [1.807, 2.05) is 0 Å². The minimum absolute atomic E-state index is 0.492. The molecule has 1 saturated carbocycles. The summed E-state index contributed by atoms with van der Waals surface area (Å²) in [6.07, 6.45) is 9.74. The summed E-state index contributed by atoms with van der Waals surface area (Å²) in [6, 6.07) is 0.852. The maximum Gasteiger partial charge on any atom is 0.01000 e. The molecule has 0 bridgehead atoms. The summed E-state index contributed by atoms with van der Waals surface area (Å²) in [5.41, 5.74) is 0.492. The Bertz CT molecular complexity index is 175. The smallest absolute Gasteiger partial charge is 0.01000 e. The first-order chi connectivity index (χ1) is 7.67. The number of halogens is 1. The minimum atomic E-state index is 0.492. The van der Waals surface area contributed by atoms with Gasteiger partial charge >= 0.3 is 0 Å². The fraction of sp³-hybridized carbons (Fsp3) is 1.00. The van der Waals surface area contributed by atoms with Crippen molar-refractivity contribution >= 4 is 15.9 Å². The van der Waals surface area contributed by atoms with E-state index in [2.05, 4.69) is 41.7 Å². The summed E-state index contributed by atoms with van der Waals surface area (Å²) in [6.45, 7) is 5.93. The van der Waals surface area contributed by atoms with Gasteiger partial charge in [0.05, 0.1) is 0 Å². The van der Waals surface area contributed by atoms with Crippen molar-refractivity contribution in [1.29, 1.82) is 0 Å². The number of hydrogen-bond acceptors (Lipinski definition) is 1. The molecule has 1 fully saturated rings. The Labute approximate surface area is 110 Å². The molecule has 96 valence electrons. The van der Waals surface area contributed by atoms with Crippen LogP contribution in [0.2, 0.25) is 0 Å². The fourth-order valence-electron chi connectivity index (χ4n) is 2.88. The zero-order valence-electron chi connectivity index (χ0n) is 11.3. The van der Waals surface area contributed by atoms with Crippen molar-refractivity contribution in [2.45, 2.75) is 64.8 Å². The highest BCUT2D eigenvalue weighted by molar-refractivity contribution is 9.09. The van der Waals surface area contributed by atoms with Gasteiger partial charge in [-0.2, -0.15) is 0 Å². The lowest BCUT2D eigenvalue weighted by Crippen LogP contribution is -2.42. The molecule has 0 aliphatic heterocycles. The standard InChI is InChI=1S/C14H28BrN/c1-4-14(5-2,11-15)12-16(3)13-9-7-6-8-10-13/h13H,4-12H2,1-3H3. The summed E-state index contributed by atoms with van der Waals surface area (Å²) in [5.74, 6) is 0. The second kappa shape index (κ2) is 7.00. The van der Waals surface area contributed by atoms with E-state index in [9.17, 15) is 0 Å². The third-order valence-electron chi connectivity index (χ3n) is 4.57. The van der Waals surface area contributed by atoms with Crippen LogP contribution in [0.4, 0.5) is 0 Å². The number of nitrogens with zero attached hydrogens (tertiary/aromatic N) is 1. The first-order valence-corrected chi connectivity index (χ1v) is 8.06. The molecule has 0 heterocycles. The lowest BCUT2D eigenvalue weighted by molar-refractivity contribution is 0.120. The zero-order valence-corrected chi connectivity index (χ0v) is 12.9. The largest absolute Gasteiger partial charge is 0.303 e. The van der Waals surface area contributed by atoms with Crippen LogP contribution in [0.5, 0.6) is 0 Å². The van der Waals surface area contributed by atoms with E-state index >= 15 is 0 Å². The van der Waals surface area contributed by atoms with E-state index in [1.54, 1.807) is 0 Å². The van der Waals surface area contributed by atoms with Crippen LogP contribution < -0.4 is 0 Å². The van der Waals surface area contributed by atoms with E-state index in [-0.39, 0.29) is 0 Å². The second-order valence-electron chi connectivity index (χ2n) is 5.55. The maximum atomic E-state index is 3.72. The lowest BCUT2D eigenvalue weighted by Gasteiger charge is -2.39. The summed E-state index contributed by atoms with van der Waals surface area (Å²) in [5, 5.41) is 1.14. The van der Waals surface area contributed by atoms with Gasteiger partial charge in [0.1, 0.15) is 0 Å². The Hall–Kier alpha value is 0.440. The Morgan fingerprint density at radius 2 is 1.69 bits per heavy atom. The highest BCUT2D eigenvalue weighted by Gasteiger charge is 2.29. The Morgan fingerprint density at radius 3 is 2.12 bits per heavy atom. The van der Waals surface area contributed by atoms with Crippen molar-refractivity contribution in [3.05, 3.63) is 0 Å². The second-order valence-corrected chi connectivity index (χ2v) is 6.11. The molecule has 0 radical (unpaired) electrons. The minimum Gasteiger partial charge on any atom is -0.303 e. The van der Waals surface area contributed by atoms with Gasteiger partial charge in [0.25, 0.3) is 0 Å². The Balaban J connectivity index is 2.49. The van der Waals surface area contributed by atoms with Crippen LogP contribution in [0.15, 0.2) is 0 Å². The first kappa shape index (κ1) is 14.5. The van der Waals surface area contributed by atoms with Crippen LogP contribution in [0.25, 0.3) is 0 Å². The molecule has 0 N–H and O–H groups in total. The van der Waals surface area contributed by atoms with Gasteiger partial charge in [0.15, 0.2) is 0 Å². The molecule has 1 aliphatic rings. The van der Waals surface area contributed by atoms with Crippen molar-refractivity contribution in [1.82, 2.24) is 4.90 Å². The van der Waals surface area contributed by atoms with Crippen molar-refractivity contribution in [2.75, 3.05) is 18.9 Å². The predicted molar refractivity (Wildman–Crippen MR) is 76.3 cm³/mol. The van der Waals surface area contributed by atoms with Crippen LogP contribution >= 0.6 is 15.9 Å². The van der Waals surface area contributed by atoms with Crippen LogP contribution in [0, 0.1) is 5.41 Å². The van der Waals surface area contributed by atoms with Crippen LogP contribution in [-0.4, -0.2) is 29.9 Å².